The maximum atomic E-state index is 12.5. The molecule has 0 heterocycles. The Morgan fingerprint density at radius 1 is 1.37 bits per heavy atom. The van der Waals surface area contributed by atoms with Crippen LogP contribution >= 0.6 is 11.6 Å². The molecule has 0 amide bonds. The lowest BCUT2D eigenvalue weighted by Gasteiger charge is -2.18. The number of aliphatic hydroxyl groups is 1. The van der Waals surface area contributed by atoms with Gasteiger partial charge >= 0.3 is 6.18 Å². The molecule has 1 aromatic rings. The third-order valence-corrected chi connectivity index (χ3v) is 4.70. The van der Waals surface area contributed by atoms with Gasteiger partial charge in [0, 0.05) is 13.6 Å². The molecule has 9 heteroatoms. The molecule has 0 saturated carbocycles. The van der Waals surface area contributed by atoms with E-state index in [-0.39, 0.29) is 11.6 Å². The molecular weight excluding hydrogens is 307 g/mol. The Morgan fingerprint density at radius 2 is 1.95 bits per heavy atom. The van der Waals surface area contributed by atoms with Crippen molar-refractivity contribution in [2.75, 3.05) is 20.2 Å². The van der Waals surface area contributed by atoms with E-state index in [0.717, 1.165) is 17.4 Å². The molecule has 0 spiro atoms. The third-order valence-electron chi connectivity index (χ3n) is 2.36. The lowest BCUT2D eigenvalue weighted by Crippen LogP contribution is -2.30. The zero-order valence-corrected chi connectivity index (χ0v) is 11.3. The largest absolute Gasteiger partial charge is 0.416 e. The van der Waals surface area contributed by atoms with Gasteiger partial charge in [-0.2, -0.15) is 17.5 Å². The molecule has 0 radical (unpaired) electrons. The Labute approximate surface area is 113 Å². The first-order chi connectivity index (χ1) is 8.60. The SMILES string of the molecule is CN(CCO)S(=O)(=O)c1cc(C(F)(F)F)ccc1Cl. The van der Waals surface area contributed by atoms with Gasteiger partial charge in [-0.25, -0.2) is 8.42 Å². The van der Waals surface area contributed by atoms with E-state index >= 15 is 0 Å². The summed E-state index contributed by atoms with van der Waals surface area (Å²) in [5.41, 5.74) is -1.10. The highest BCUT2D eigenvalue weighted by molar-refractivity contribution is 7.89. The summed E-state index contributed by atoms with van der Waals surface area (Å²) in [4.78, 5) is -0.639. The standard InChI is InChI=1S/C10H11ClF3NO3S/c1-15(4-5-16)19(17,18)9-6-7(10(12,13)14)2-3-8(9)11/h2-3,6,16H,4-5H2,1H3. The molecule has 108 valence electrons. The Hall–Kier alpha value is -0.830. The monoisotopic (exact) mass is 317 g/mol. The van der Waals surface area contributed by atoms with Gasteiger partial charge in [0.05, 0.1) is 17.2 Å². The fourth-order valence-corrected chi connectivity index (χ4v) is 2.96. The summed E-state index contributed by atoms with van der Waals surface area (Å²) >= 11 is 5.64. The number of halogens is 4. The lowest BCUT2D eigenvalue weighted by molar-refractivity contribution is -0.137. The molecule has 0 atom stereocenters. The molecule has 0 fully saturated rings. The number of hydrogen-bond donors (Lipinski definition) is 1. The van der Waals surface area contributed by atoms with Crippen LogP contribution in [0.25, 0.3) is 0 Å². The molecule has 4 nitrogen and oxygen atoms in total. The molecule has 1 aromatic carbocycles. The minimum atomic E-state index is -4.66. The van der Waals surface area contributed by atoms with Gasteiger partial charge in [0.25, 0.3) is 0 Å². The summed E-state index contributed by atoms with van der Waals surface area (Å²) in [6, 6.07) is 2.06. The van der Waals surface area contributed by atoms with Gasteiger partial charge in [-0.1, -0.05) is 11.6 Å². The fraction of sp³-hybridized carbons (Fsp3) is 0.400. The predicted molar refractivity (Wildman–Crippen MR) is 63.4 cm³/mol. The highest BCUT2D eigenvalue weighted by atomic mass is 35.5. The quantitative estimate of drug-likeness (QED) is 0.923. The fourth-order valence-electron chi connectivity index (χ4n) is 1.31. The van der Waals surface area contributed by atoms with Crippen LogP contribution in [0, 0.1) is 0 Å². The number of hydrogen-bond acceptors (Lipinski definition) is 3. The molecule has 0 unspecified atom stereocenters. The van der Waals surface area contributed by atoms with E-state index in [2.05, 4.69) is 0 Å². The van der Waals surface area contributed by atoms with Crippen LogP contribution in [0.5, 0.6) is 0 Å². The van der Waals surface area contributed by atoms with E-state index in [4.69, 9.17) is 16.7 Å². The average molecular weight is 318 g/mol. The zero-order chi connectivity index (χ0) is 14.8. The summed E-state index contributed by atoms with van der Waals surface area (Å²) in [6.45, 7) is -0.693. The van der Waals surface area contributed by atoms with Gasteiger partial charge in [-0.3, -0.25) is 0 Å². The second-order valence-corrected chi connectivity index (χ2v) is 6.11. The summed E-state index contributed by atoms with van der Waals surface area (Å²) in [5.74, 6) is 0. The van der Waals surface area contributed by atoms with Crippen molar-refractivity contribution < 1.29 is 26.7 Å². The van der Waals surface area contributed by atoms with Crippen LogP contribution in [0.15, 0.2) is 23.1 Å². The minimum absolute atomic E-state index is 0.241. The van der Waals surface area contributed by atoms with Gasteiger partial charge in [-0.05, 0) is 18.2 Å². The van der Waals surface area contributed by atoms with Crippen LogP contribution in [0.3, 0.4) is 0 Å². The molecule has 19 heavy (non-hydrogen) atoms. The van der Waals surface area contributed by atoms with Crippen LogP contribution in [0.1, 0.15) is 5.56 Å². The molecule has 0 aliphatic rings. The molecule has 0 aliphatic carbocycles. The predicted octanol–water partition coefficient (Wildman–Crippen LogP) is 1.97. The van der Waals surface area contributed by atoms with E-state index in [0.29, 0.717) is 12.1 Å². The van der Waals surface area contributed by atoms with E-state index in [1.54, 1.807) is 0 Å². The highest BCUT2D eigenvalue weighted by Crippen LogP contribution is 2.34. The van der Waals surface area contributed by atoms with Crippen molar-refractivity contribution in [1.29, 1.82) is 0 Å². The third kappa shape index (κ3) is 3.59. The molecule has 0 bridgehead atoms. The first kappa shape index (κ1) is 16.2. The molecular formula is C10H11ClF3NO3S. The van der Waals surface area contributed by atoms with E-state index in [1.807, 2.05) is 0 Å². The van der Waals surface area contributed by atoms with Gasteiger partial charge in [0.2, 0.25) is 10.0 Å². The van der Waals surface area contributed by atoms with Crippen molar-refractivity contribution in [2.45, 2.75) is 11.1 Å². The van der Waals surface area contributed by atoms with Crippen molar-refractivity contribution in [3.8, 4) is 0 Å². The second kappa shape index (κ2) is 5.66. The number of nitrogens with zero attached hydrogens (tertiary/aromatic N) is 1. The van der Waals surface area contributed by atoms with Crippen molar-refractivity contribution in [1.82, 2.24) is 4.31 Å². The van der Waals surface area contributed by atoms with Gasteiger partial charge < -0.3 is 5.11 Å². The van der Waals surface area contributed by atoms with Crippen LogP contribution in [-0.2, 0) is 16.2 Å². The van der Waals surface area contributed by atoms with Gasteiger partial charge in [-0.15, -0.1) is 0 Å². The maximum absolute atomic E-state index is 12.5. The topological polar surface area (TPSA) is 57.6 Å². The van der Waals surface area contributed by atoms with Crippen molar-refractivity contribution >= 4 is 21.6 Å². The molecule has 0 saturated heterocycles. The van der Waals surface area contributed by atoms with Gasteiger partial charge in [0.15, 0.2) is 0 Å². The summed E-state index contributed by atoms with van der Waals surface area (Å²) < 4.78 is 62.3. The van der Waals surface area contributed by atoms with Crippen LogP contribution in [0.4, 0.5) is 13.2 Å². The van der Waals surface area contributed by atoms with Crippen LogP contribution < -0.4 is 0 Å². The highest BCUT2D eigenvalue weighted by Gasteiger charge is 2.33. The van der Waals surface area contributed by atoms with Crippen molar-refractivity contribution in [3.05, 3.63) is 28.8 Å². The van der Waals surface area contributed by atoms with Crippen molar-refractivity contribution in [2.24, 2.45) is 0 Å². The lowest BCUT2D eigenvalue weighted by atomic mass is 10.2. The maximum Gasteiger partial charge on any atom is 0.416 e. The summed E-state index contributed by atoms with van der Waals surface area (Å²) in [5, 5.41) is 8.37. The minimum Gasteiger partial charge on any atom is -0.395 e. The van der Waals surface area contributed by atoms with E-state index in [1.165, 1.54) is 0 Å². The molecule has 1 rings (SSSR count). The van der Waals surface area contributed by atoms with E-state index < -0.39 is 33.3 Å². The Balaban J connectivity index is 3.34. The Bertz CT molecular complexity index is 560. The molecule has 0 aliphatic heterocycles. The number of sulfonamides is 1. The molecule has 0 aromatic heterocycles. The number of benzene rings is 1. The second-order valence-electron chi connectivity index (χ2n) is 3.69. The molecule has 1 N–H and O–H groups in total. The average Bonchev–Trinajstić information content (AvgIpc) is 2.28. The first-order valence-electron chi connectivity index (χ1n) is 5.04. The van der Waals surface area contributed by atoms with Gasteiger partial charge in [0.1, 0.15) is 4.90 Å². The summed E-state index contributed by atoms with van der Waals surface area (Å²) in [7, 11) is -3.03. The van der Waals surface area contributed by atoms with Crippen LogP contribution in [-0.4, -0.2) is 38.0 Å². The number of alkyl halides is 3. The summed E-state index contributed by atoms with van der Waals surface area (Å²) in [6.07, 6.45) is -4.66. The normalized spacial score (nSPS) is 13.0. The number of rotatable bonds is 4. The Kier molecular flexibility index (Phi) is 4.83. The number of aliphatic hydroxyl groups excluding tert-OH is 1. The first-order valence-corrected chi connectivity index (χ1v) is 6.86. The zero-order valence-electron chi connectivity index (χ0n) is 9.78. The number of likely N-dealkylation sites (N-methyl/N-ethyl adjacent to an activating group) is 1. The van der Waals surface area contributed by atoms with Crippen LogP contribution in [0.2, 0.25) is 5.02 Å². The Morgan fingerprint density at radius 3 is 2.42 bits per heavy atom. The van der Waals surface area contributed by atoms with E-state index in [9.17, 15) is 21.6 Å². The van der Waals surface area contributed by atoms with Crippen molar-refractivity contribution in [3.63, 3.8) is 0 Å². The smallest absolute Gasteiger partial charge is 0.395 e.